The van der Waals surface area contributed by atoms with E-state index in [0.717, 1.165) is 4.72 Å². The van der Waals surface area contributed by atoms with E-state index in [1.165, 1.54) is 4.46 Å². The monoisotopic (exact) mass is 226 g/mol. The van der Waals surface area contributed by atoms with Crippen LogP contribution in [0.4, 0.5) is 0 Å². The number of tetrazole rings is 1. The van der Waals surface area contributed by atoms with Gasteiger partial charge in [0.15, 0.2) is 0 Å². The van der Waals surface area contributed by atoms with Crippen LogP contribution < -0.4 is 9.18 Å². The van der Waals surface area contributed by atoms with E-state index in [1.807, 2.05) is 18.2 Å². The Hall–Kier alpha value is -1.19. The number of hydrogen-bond acceptors (Lipinski definition) is 3. The summed E-state index contributed by atoms with van der Waals surface area (Å²) in [5.41, 5.74) is 0. The first-order valence-electron chi connectivity index (χ1n) is 3.41. The molecule has 60 valence electrons. The normalized spacial score (nSPS) is 10.0. The van der Waals surface area contributed by atoms with Crippen LogP contribution in [0.3, 0.4) is 0 Å². The van der Waals surface area contributed by atoms with E-state index in [1.54, 1.807) is 0 Å². The van der Waals surface area contributed by atoms with Gasteiger partial charge in [-0.2, -0.15) is 0 Å². The zero-order valence-electron chi connectivity index (χ0n) is 6.14. The van der Waals surface area contributed by atoms with Gasteiger partial charge in [-0.15, -0.1) is 0 Å². The topological polar surface area (TPSA) is 54.5 Å². The second kappa shape index (κ2) is 3.47. The molecule has 0 bridgehead atoms. The van der Waals surface area contributed by atoms with Gasteiger partial charge in [0.2, 0.25) is 0 Å². The molecule has 1 N–H and O–H groups in total. The van der Waals surface area contributed by atoms with E-state index in [-0.39, 0.29) is 15.0 Å². The van der Waals surface area contributed by atoms with Gasteiger partial charge in [-0.1, -0.05) is 0 Å². The summed E-state index contributed by atoms with van der Waals surface area (Å²) in [5.74, 6) is 0. The number of aromatic nitrogens is 4. The van der Waals surface area contributed by atoms with Crippen LogP contribution in [0.25, 0.3) is 0 Å². The second-order valence-corrected chi connectivity index (χ2v) is 4.29. The molecule has 5 heteroatoms. The van der Waals surface area contributed by atoms with Crippen molar-refractivity contribution in [2.45, 2.75) is 0 Å². The Kier molecular flexibility index (Phi) is 2.16. The van der Waals surface area contributed by atoms with Crippen molar-refractivity contribution < 1.29 is 0 Å². The van der Waals surface area contributed by atoms with Crippen LogP contribution in [-0.2, 0) is 0 Å². The first kappa shape index (κ1) is 7.46. The van der Waals surface area contributed by atoms with Crippen molar-refractivity contribution in [2.24, 2.45) is 0 Å². The summed E-state index contributed by atoms with van der Waals surface area (Å²) in [6, 6.07) is 10.1. The van der Waals surface area contributed by atoms with Crippen molar-refractivity contribution in [1.29, 1.82) is 0 Å². The predicted molar refractivity (Wildman–Crippen MR) is 45.6 cm³/mol. The molecule has 0 aliphatic rings. The van der Waals surface area contributed by atoms with Crippen LogP contribution in [0.2, 0.25) is 0 Å². The SMILES string of the molecule is c1ccc([Se]c2nn[nH]n2)cc1. The maximum atomic E-state index is 3.89. The zero-order chi connectivity index (χ0) is 8.23. The first-order chi connectivity index (χ1) is 5.95. The standard InChI is InChI=1S/C7H6N4Se/c1-2-4-6(5-3-1)12-7-8-10-11-9-7/h1-5H,(H,8,9,10,11). The molecule has 0 atom stereocenters. The molecule has 0 fully saturated rings. The number of hydrogen-bond donors (Lipinski definition) is 1. The van der Waals surface area contributed by atoms with Gasteiger partial charge in [-0.25, -0.2) is 0 Å². The Bertz CT molecular complexity index is 332. The van der Waals surface area contributed by atoms with Crippen LogP contribution in [0, 0.1) is 0 Å². The van der Waals surface area contributed by atoms with Crippen molar-refractivity contribution in [3.63, 3.8) is 0 Å². The van der Waals surface area contributed by atoms with Gasteiger partial charge in [0.05, 0.1) is 0 Å². The molecule has 2 aromatic rings. The molecule has 0 amide bonds. The molecule has 0 aliphatic carbocycles. The van der Waals surface area contributed by atoms with Crippen LogP contribution in [-0.4, -0.2) is 35.6 Å². The van der Waals surface area contributed by atoms with Crippen LogP contribution in [0.15, 0.2) is 30.3 Å². The summed E-state index contributed by atoms with van der Waals surface area (Å²) < 4.78 is 2.04. The molecule has 0 saturated heterocycles. The molecule has 4 nitrogen and oxygen atoms in total. The average Bonchev–Trinajstić information content (AvgIpc) is 2.59. The van der Waals surface area contributed by atoms with Crippen LogP contribution in [0.1, 0.15) is 0 Å². The van der Waals surface area contributed by atoms with E-state index >= 15 is 0 Å². The average molecular weight is 225 g/mol. The summed E-state index contributed by atoms with van der Waals surface area (Å²) in [6.45, 7) is 0. The van der Waals surface area contributed by atoms with Crippen molar-refractivity contribution >= 4 is 24.1 Å². The molecule has 0 aliphatic heterocycles. The number of nitrogens with zero attached hydrogens (tertiary/aromatic N) is 3. The van der Waals surface area contributed by atoms with E-state index in [9.17, 15) is 0 Å². The summed E-state index contributed by atoms with van der Waals surface area (Å²) in [6.07, 6.45) is 0. The minimum atomic E-state index is 0.175. The number of nitrogens with one attached hydrogen (secondary N) is 1. The molecule has 0 saturated carbocycles. The van der Waals surface area contributed by atoms with Crippen molar-refractivity contribution in [1.82, 2.24) is 20.6 Å². The zero-order valence-corrected chi connectivity index (χ0v) is 7.85. The summed E-state index contributed by atoms with van der Waals surface area (Å²) in [5, 5.41) is 13.7. The van der Waals surface area contributed by atoms with E-state index in [2.05, 4.69) is 32.8 Å². The van der Waals surface area contributed by atoms with Gasteiger partial charge in [-0.05, 0) is 0 Å². The predicted octanol–water partition coefficient (Wildman–Crippen LogP) is -1.15. The maximum absolute atomic E-state index is 3.89. The fourth-order valence-electron chi connectivity index (χ4n) is 0.790. The Morgan fingerprint density at radius 3 is 2.67 bits per heavy atom. The molecule has 0 spiro atoms. The van der Waals surface area contributed by atoms with Crippen molar-refractivity contribution in [2.75, 3.05) is 0 Å². The third-order valence-electron chi connectivity index (χ3n) is 1.28. The van der Waals surface area contributed by atoms with Crippen LogP contribution >= 0.6 is 0 Å². The fraction of sp³-hybridized carbons (Fsp3) is 0. The minimum absolute atomic E-state index is 0.175. The van der Waals surface area contributed by atoms with Crippen molar-refractivity contribution in [3.8, 4) is 0 Å². The second-order valence-electron chi connectivity index (χ2n) is 2.11. The Balaban J connectivity index is 2.15. The molecule has 1 heterocycles. The van der Waals surface area contributed by atoms with Gasteiger partial charge in [0.25, 0.3) is 0 Å². The third-order valence-corrected chi connectivity index (χ3v) is 3.09. The Labute approximate surface area is 75.5 Å². The summed E-state index contributed by atoms with van der Waals surface area (Å²) in [4.78, 5) is 0. The molecule has 0 unspecified atom stereocenters. The Morgan fingerprint density at radius 1 is 1.17 bits per heavy atom. The van der Waals surface area contributed by atoms with Crippen molar-refractivity contribution in [3.05, 3.63) is 30.3 Å². The first-order valence-corrected chi connectivity index (χ1v) is 5.13. The molecule has 0 radical (unpaired) electrons. The number of rotatable bonds is 2. The molecular weight excluding hydrogens is 219 g/mol. The third kappa shape index (κ3) is 1.69. The van der Waals surface area contributed by atoms with E-state index in [4.69, 9.17) is 0 Å². The van der Waals surface area contributed by atoms with Gasteiger partial charge in [0, 0.05) is 0 Å². The quantitative estimate of drug-likeness (QED) is 0.657. The number of H-pyrrole nitrogens is 1. The van der Waals surface area contributed by atoms with Gasteiger partial charge in [-0.3, -0.25) is 0 Å². The summed E-state index contributed by atoms with van der Waals surface area (Å²) in [7, 11) is 0. The van der Waals surface area contributed by atoms with Gasteiger partial charge in [0.1, 0.15) is 0 Å². The van der Waals surface area contributed by atoms with Gasteiger partial charge >= 0.3 is 75.1 Å². The summed E-state index contributed by atoms with van der Waals surface area (Å²) >= 11 is 0.175. The molecule has 1 aromatic heterocycles. The van der Waals surface area contributed by atoms with Crippen LogP contribution in [0.5, 0.6) is 0 Å². The molecular formula is C7H6N4Se. The van der Waals surface area contributed by atoms with E-state index < -0.39 is 0 Å². The van der Waals surface area contributed by atoms with E-state index in [0.29, 0.717) is 0 Å². The van der Waals surface area contributed by atoms with Gasteiger partial charge < -0.3 is 0 Å². The number of aromatic amines is 1. The fourth-order valence-corrected chi connectivity index (χ4v) is 2.20. The number of benzene rings is 1. The Morgan fingerprint density at radius 2 is 2.00 bits per heavy atom. The molecule has 12 heavy (non-hydrogen) atoms. The molecule has 1 aromatic carbocycles. The molecule has 2 rings (SSSR count).